The third kappa shape index (κ3) is 12.3. The Labute approximate surface area is 486 Å². The fourth-order valence-electron chi connectivity index (χ4n) is 10.8. The van der Waals surface area contributed by atoms with E-state index in [0.29, 0.717) is 23.0 Å². The van der Waals surface area contributed by atoms with Gasteiger partial charge in [-0.25, -0.2) is 0 Å². The van der Waals surface area contributed by atoms with Gasteiger partial charge in [0, 0.05) is 17.2 Å². The number of halogens is 2. The molecule has 2 aliphatic rings. The maximum absolute atomic E-state index is 6.86. The van der Waals surface area contributed by atoms with E-state index in [1.807, 2.05) is 60.7 Å². The standard InChI is InChI=1S/C46H42Cl2O4P2.C19H26N2O2.Ru/c1-26-13-27(2)18-34(17-26)53(35-19-28(3)14-29(4)20-35)40-11-9-38-44(50-25-49-38)42(40)43-41(12-10-39-45(43)52-46(47,48)51-39)54(36-21-30(5)15-31(6)22-36)37-23-32(7)16-33(8)24-37;1-13(2)18(20)19(21,14-5-9-16(22-3)10-6-14)15-7-11-17(23-4)12-8-15;/h9-24H,25H2,1-8H3;5-13,18H,20-21H2,1-4H3;/q;;+2/t;18-;/m.0./s1. The number of nitrogens with two attached hydrogens (primary N) is 2. The maximum Gasteiger partial charge on any atom is 2.00 e. The molecule has 0 aromatic heterocycles. The molecule has 1 atom stereocenters. The smallest absolute Gasteiger partial charge is 0.497 e. The monoisotopic (exact) mass is 1210 g/mol. The summed E-state index contributed by atoms with van der Waals surface area (Å²) in [6, 6.07) is 51.1. The molecule has 0 aliphatic carbocycles. The van der Waals surface area contributed by atoms with Crippen LogP contribution < -0.4 is 71.7 Å². The normalized spacial score (nSPS) is 13.5. The number of alkyl halides is 2. The van der Waals surface area contributed by atoms with E-state index in [4.69, 9.17) is 63.1 Å². The molecular weight excluding hydrogens is 1140 g/mol. The molecule has 10 rings (SSSR count). The molecule has 2 aliphatic heterocycles. The van der Waals surface area contributed by atoms with E-state index in [9.17, 15) is 0 Å². The third-order valence-corrected chi connectivity index (χ3v) is 19.2. The Balaban J connectivity index is 0.000000281. The second-order valence-electron chi connectivity index (χ2n) is 20.8. The summed E-state index contributed by atoms with van der Waals surface area (Å²) in [6.07, 6.45) is 0. The number of rotatable bonds is 13. The number of hydrogen-bond acceptors (Lipinski definition) is 8. The van der Waals surface area contributed by atoms with Gasteiger partial charge in [-0.15, -0.1) is 0 Å². The van der Waals surface area contributed by atoms with E-state index in [1.54, 1.807) is 14.2 Å². The molecule has 8 aromatic rings. The minimum Gasteiger partial charge on any atom is -0.497 e. The van der Waals surface area contributed by atoms with E-state index in [1.165, 1.54) is 65.7 Å². The second-order valence-corrected chi connectivity index (χ2v) is 26.4. The molecule has 0 fully saturated rings. The summed E-state index contributed by atoms with van der Waals surface area (Å²) in [4.78, 5) is 0. The van der Waals surface area contributed by atoms with Crippen LogP contribution in [0.4, 0.5) is 0 Å². The Bertz CT molecular complexity index is 3250. The van der Waals surface area contributed by atoms with Crippen molar-refractivity contribution in [2.45, 2.75) is 85.5 Å². The van der Waals surface area contributed by atoms with Gasteiger partial charge in [0.05, 0.1) is 19.8 Å². The maximum atomic E-state index is 6.86. The van der Waals surface area contributed by atoms with Crippen molar-refractivity contribution in [1.82, 2.24) is 0 Å². The molecule has 0 unspecified atom stereocenters. The molecule has 0 spiro atoms. The molecule has 0 saturated carbocycles. The number of fused-ring (bicyclic) bond motifs is 2. The number of hydrogen-bond donors (Lipinski definition) is 2. The summed E-state index contributed by atoms with van der Waals surface area (Å²) >= 11 is 13.4. The molecule has 78 heavy (non-hydrogen) atoms. The quantitative estimate of drug-likeness (QED) is 0.0668. The molecule has 13 heteroatoms. The van der Waals surface area contributed by atoms with Crippen LogP contribution in [0.5, 0.6) is 34.5 Å². The van der Waals surface area contributed by atoms with Gasteiger partial charge in [-0.2, -0.15) is 0 Å². The van der Waals surface area contributed by atoms with Crippen LogP contribution in [-0.2, 0) is 25.0 Å². The summed E-state index contributed by atoms with van der Waals surface area (Å²) in [6.45, 7) is 21.6. The predicted octanol–water partition coefficient (Wildman–Crippen LogP) is 12.8. The first-order chi connectivity index (χ1) is 36.7. The van der Waals surface area contributed by atoms with Gasteiger partial charge < -0.3 is 39.9 Å². The zero-order valence-corrected chi connectivity index (χ0v) is 51.4. The van der Waals surface area contributed by atoms with Crippen LogP contribution in [-0.4, -0.2) is 31.8 Å². The molecule has 8 nitrogen and oxygen atoms in total. The van der Waals surface area contributed by atoms with Crippen LogP contribution in [0.2, 0.25) is 0 Å². The minimum absolute atomic E-state index is 0. The van der Waals surface area contributed by atoms with Crippen molar-refractivity contribution in [3.05, 3.63) is 201 Å². The SMILES string of the molecule is COc1ccc(C(N)(c2ccc(OC)cc2)[C@@H](N)C(C)C)cc1.Cc1cc(C)cc(P(c2cc(C)cc(C)c2)c2ccc3c(c2-c2c(P(c4cc(C)cc(C)c4)c4cc(C)cc(C)c4)ccc4c2OC(Cl)(Cl)O4)OCO3)c1.[Ru+2]. The van der Waals surface area contributed by atoms with Gasteiger partial charge in [-0.05, 0) is 192 Å². The first kappa shape index (κ1) is 58.7. The van der Waals surface area contributed by atoms with E-state index in [2.05, 4.69) is 154 Å². The van der Waals surface area contributed by atoms with Crippen molar-refractivity contribution in [2.24, 2.45) is 17.4 Å². The van der Waals surface area contributed by atoms with Crippen molar-refractivity contribution >= 4 is 70.9 Å². The van der Waals surface area contributed by atoms with Gasteiger partial charge >= 0.3 is 24.2 Å². The van der Waals surface area contributed by atoms with E-state index < -0.39 is 26.1 Å². The summed E-state index contributed by atoms with van der Waals surface area (Å²) in [7, 11) is 0.979. The average molecular weight is 1210 g/mol. The van der Waals surface area contributed by atoms with E-state index >= 15 is 0 Å². The second kappa shape index (κ2) is 24.1. The Hall–Kier alpha value is -5.46. The van der Waals surface area contributed by atoms with Crippen LogP contribution in [0, 0.1) is 61.3 Å². The summed E-state index contributed by atoms with van der Waals surface area (Å²) in [5.41, 5.74) is 25.9. The predicted molar refractivity (Wildman–Crippen MR) is 323 cm³/mol. The molecule has 2 heterocycles. The van der Waals surface area contributed by atoms with Crippen molar-refractivity contribution in [3.8, 4) is 45.6 Å². The summed E-state index contributed by atoms with van der Waals surface area (Å²) < 4.78 is 33.8. The van der Waals surface area contributed by atoms with Crippen molar-refractivity contribution in [2.75, 3.05) is 21.0 Å². The van der Waals surface area contributed by atoms with Crippen molar-refractivity contribution < 1.29 is 47.9 Å². The topological polar surface area (TPSA) is 107 Å². The molecule has 0 amide bonds. The molecule has 0 saturated heterocycles. The van der Waals surface area contributed by atoms with Gasteiger partial charge in [0.25, 0.3) is 0 Å². The van der Waals surface area contributed by atoms with Gasteiger partial charge in [-0.1, -0.05) is 155 Å². The molecular formula is C65H68Cl2N2O6P2Ru+2. The number of benzene rings is 8. The first-order valence-corrected chi connectivity index (χ1v) is 29.2. The van der Waals surface area contributed by atoms with Gasteiger partial charge in [0.1, 0.15) is 11.5 Å². The molecule has 4 N–H and O–H groups in total. The zero-order valence-electron chi connectivity index (χ0n) is 46.3. The van der Waals surface area contributed by atoms with Gasteiger partial charge in [0.15, 0.2) is 23.0 Å². The van der Waals surface area contributed by atoms with Gasteiger partial charge in [0.2, 0.25) is 6.79 Å². The zero-order chi connectivity index (χ0) is 55.1. The fraction of sp³-hybridized carbons (Fsp3) is 0.262. The average Bonchev–Trinajstić information content (AvgIpc) is 4.12. The number of methoxy groups -OCH3 is 2. The Morgan fingerprint density at radius 3 is 1.18 bits per heavy atom. The number of ether oxygens (including phenoxy) is 6. The number of aryl methyl sites for hydroxylation is 8. The fourth-order valence-corrected chi connectivity index (χ4v) is 16.8. The molecule has 0 bridgehead atoms. The Morgan fingerprint density at radius 2 is 0.833 bits per heavy atom. The van der Waals surface area contributed by atoms with Crippen molar-refractivity contribution in [1.29, 1.82) is 0 Å². The van der Waals surface area contributed by atoms with Crippen LogP contribution in [0.1, 0.15) is 69.5 Å². The van der Waals surface area contributed by atoms with E-state index in [-0.39, 0.29) is 38.2 Å². The van der Waals surface area contributed by atoms with Crippen LogP contribution in [0.25, 0.3) is 11.1 Å². The molecule has 0 radical (unpaired) electrons. The Morgan fingerprint density at radius 1 is 0.487 bits per heavy atom. The van der Waals surface area contributed by atoms with Gasteiger partial charge in [-0.3, -0.25) is 0 Å². The molecule has 8 aromatic carbocycles. The van der Waals surface area contributed by atoms with Crippen LogP contribution in [0.15, 0.2) is 146 Å². The van der Waals surface area contributed by atoms with Crippen molar-refractivity contribution in [3.63, 3.8) is 0 Å². The third-order valence-electron chi connectivity index (χ3n) is 14.0. The Kier molecular flexibility index (Phi) is 18.1. The van der Waals surface area contributed by atoms with Crippen LogP contribution >= 0.6 is 39.0 Å². The van der Waals surface area contributed by atoms with E-state index in [0.717, 1.165) is 44.4 Å². The summed E-state index contributed by atoms with van der Waals surface area (Å²) in [5, 5.41) is 7.14. The largest absolute Gasteiger partial charge is 2.00 e. The van der Waals surface area contributed by atoms with Crippen LogP contribution in [0.3, 0.4) is 0 Å². The molecule has 404 valence electrons. The first-order valence-electron chi connectivity index (χ1n) is 25.8. The summed E-state index contributed by atoms with van der Waals surface area (Å²) in [5.74, 6) is 4.12. The minimum atomic E-state index is -1.90.